The Morgan fingerprint density at radius 2 is 2.17 bits per heavy atom. The highest BCUT2D eigenvalue weighted by molar-refractivity contribution is 7.81. The number of hydrogen-bond donors (Lipinski definition) is 2. The first-order valence-corrected chi connectivity index (χ1v) is 4.09. The van der Waals surface area contributed by atoms with E-state index in [-0.39, 0.29) is 11.7 Å². The standard InChI is InChI=1S/C7H9N3OS/c11-7(5-12)10-4-6-8-2-1-3-9-6/h1-3,12H,4-5H2,(H,10,11). The SMILES string of the molecule is O=C(CS)NCc1ncccn1. The largest absolute Gasteiger partial charge is 0.348 e. The molecule has 0 spiro atoms. The molecule has 4 nitrogen and oxygen atoms in total. The lowest BCUT2D eigenvalue weighted by Gasteiger charge is -2.00. The second-order valence-corrected chi connectivity index (χ2v) is 2.42. The van der Waals surface area contributed by atoms with Gasteiger partial charge in [0, 0.05) is 12.4 Å². The minimum Gasteiger partial charge on any atom is -0.348 e. The second-order valence-electron chi connectivity index (χ2n) is 2.10. The van der Waals surface area contributed by atoms with Gasteiger partial charge in [-0.3, -0.25) is 4.79 Å². The summed E-state index contributed by atoms with van der Waals surface area (Å²) in [6, 6.07) is 1.73. The fourth-order valence-electron chi connectivity index (χ4n) is 0.655. The highest BCUT2D eigenvalue weighted by Gasteiger charge is 1.97. The predicted molar refractivity (Wildman–Crippen MR) is 47.7 cm³/mol. The highest BCUT2D eigenvalue weighted by atomic mass is 32.1. The van der Waals surface area contributed by atoms with Crippen molar-refractivity contribution in [3.8, 4) is 0 Å². The molecule has 64 valence electrons. The lowest BCUT2D eigenvalue weighted by atomic mass is 10.5. The quantitative estimate of drug-likeness (QED) is 0.650. The van der Waals surface area contributed by atoms with Gasteiger partial charge in [0.05, 0.1) is 12.3 Å². The second kappa shape index (κ2) is 4.71. The first-order valence-electron chi connectivity index (χ1n) is 3.46. The molecule has 1 amide bonds. The van der Waals surface area contributed by atoms with Gasteiger partial charge in [-0.1, -0.05) is 0 Å². The normalized spacial score (nSPS) is 9.42. The van der Waals surface area contributed by atoms with E-state index in [2.05, 4.69) is 27.9 Å². The van der Waals surface area contributed by atoms with Crippen molar-refractivity contribution in [2.45, 2.75) is 6.54 Å². The van der Waals surface area contributed by atoms with E-state index in [1.165, 1.54) is 0 Å². The van der Waals surface area contributed by atoms with Gasteiger partial charge in [0.2, 0.25) is 5.91 Å². The maximum atomic E-state index is 10.7. The maximum absolute atomic E-state index is 10.7. The summed E-state index contributed by atoms with van der Waals surface area (Å²) in [4.78, 5) is 18.6. The van der Waals surface area contributed by atoms with Gasteiger partial charge in [-0.25, -0.2) is 9.97 Å². The Hall–Kier alpha value is -1.10. The van der Waals surface area contributed by atoms with Gasteiger partial charge in [0.25, 0.3) is 0 Å². The Labute approximate surface area is 75.8 Å². The molecule has 1 N–H and O–H groups in total. The summed E-state index contributed by atoms with van der Waals surface area (Å²) in [5.41, 5.74) is 0. The van der Waals surface area contributed by atoms with Crippen LogP contribution in [0.4, 0.5) is 0 Å². The van der Waals surface area contributed by atoms with Crippen LogP contribution in [0.3, 0.4) is 0 Å². The van der Waals surface area contributed by atoms with Gasteiger partial charge < -0.3 is 5.32 Å². The van der Waals surface area contributed by atoms with Crippen molar-refractivity contribution in [3.63, 3.8) is 0 Å². The molecule has 1 aromatic rings. The van der Waals surface area contributed by atoms with E-state index in [0.717, 1.165) is 0 Å². The van der Waals surface area contributed by atoms with E-state index in [0.29, 0.717) is 12.4 Å². The topological polar surface area (TPSA) is 54.9 Å². The minimum atomic E-state index is -0.120. The first-order chi connectivity index (χ1) is 5.83. The number of amides is 1. The molecule has 5 heteroatoms. The van der Waals surface area contributed by atoms with Crippen LogP contribution in [-0.2, 0) is 11.3 Å². The Morgan fingerprint density at radius 1 is 1.50 bits per heavy atom. The van der Waals surface area contributed by atoms with Crippen LogP contribution in [0.2, 0.25) is 0 Å². The molecule has 0 saturated carbocycles. The summed E-state index contributed by atoms with van der Waals surface area (Å²) in [5, 5.41) is 2.61. The molecule has 0 aliphatic heterocycles. The van der Waals surface area contributed by atoms with Crippen LogP contribution < -0.4 is 5.32 Å². The lowest BCUT2D eigenvalue weighted by Crippen LogP contribution is -2.24. The van der Waals surface area contributed by atoms with Gasteiger partial charge in [-0.2, -0.15) is 12.6 Å². The van der Waals surface area contributed by atoms with Crippen LogP contribution in [0.5, 0.6) is 0 Å². The molecule has 1 rings (SSSR count). The number of nitrogens with zero attached hydrogens (tertiary/aromatic N) is 2. The average molecular weight is 183 g/mol. The number of nitrogens with one attached hydrogen (secondary N) is 1. The van der Waals surface area contributed by atoms with E-state index >= 15 is 0 Å². The van der Waals surface area contributed by atoms with Crippen molar-refractivity contribution in [3.05, 3.63) is 24.3 Å². The molecule has 0 aliphatic rings. The molecule has 0 aliphatic carbocycles. The van der Waals surface area contributed by atoms with E-state index in [1.54, 1.807) is 18.5 Å². The van der Waals surface area contributed by atoms with Crippen LogP contribution >= 0.6 is 12.6 Å². The van der Waals surface area contributed by atoms with Crippen LogP contribution in [0.1, 0.15) is 5.82 Å². The first kappa shape index (κ1) is 8.99. The van der Waals surface area contributed by atoms with Crippen LogP contribution in [-0.4, -0.2) is 21.6 Å². The molecular weight excluding hydrogens is 174 g/mol. The Kier molecular flexibility index (Phi) is 3.53. The summed E-state index contributed by atoms with van der Waals surface area (Å²) in [7, 11) is 0. The van der Waals surface area contributed by atoms with Crippen molar-refractivity contribution in [2.24, 2.45) is 0 Å². The van der Waals surface area contributed by atoms with Gasteiger partial charge in [-0.05, 0) is 6.07 Å². The summed E-state index contributed by atoms with van der Waals surface area (Å²) in [6.45, 7) is 0.361. The molecule has 12 heavy (non-hydrogen) atoms. The zero-order valence-corrected chi connectivity index (χ0v) is 7.29. The average Bonchev–Trinajstić information content (AvgIpc) is 2.16. The maximum Gasteiger partial charge on any atom is 0.230 e. The van der Waals surface area contributed by atoms with Crippen molar-refractivity contribution in [1.29, 1.82) is 0 Å². The van der Waals surface area contributed by atoms with E-state index in [1.807, 2.05) is 0 Å². The third kappa shape index (κ3) is 2.87. The summed E-state index contributed by atoms with van der Waals surface area (Å²) >= 11 is 3.81. The Bertz CT molecular complexity index is 252. The van der Waals surface area contributed by atoms with Gasteiger partial charge >= 0.3 is 0 Å². The summed E-state index contributed by atoms with van der Waals surface area (Å²) in [5.74, 6) is 0.672. The number of rotatable bonds is 3. The smallest absolute Gasteiger partial charge is 0.230 e. The monoisotopic (exact) mass is 183 g/mol. The number of carbonyl (C=O) groups is 1. The van der Waals surface area contributed by atoms with Crippen molar-refractivity contribution in [2.75, 3.05) is 5.75 Å². The number of aromatic nitrogens is 2. The molecule has 0 atom stereocenters. The van der Waals surface area contributed by atoms with Crippen molar-refractivity contribution >= 4 is 18.5 Å². The Morgan fingerprint density at radius 3 is 2.75 bits per heavy atom. The molecule has 0 bridgehead atoms. The van der Waals surface area contributed by atoms with Crippen molar-refractivity contribution in [1.82, 2.24) is 15.3 Å². The van der Waals surface area contributed by atoms with Crippen LogP contribution in [0, 0.1) is 0 Å². The number of hydrogen-bond acceptors (Lipinski definition) is 4. The lowest BCUT2D eigenvalue weighted by molar-refractivity contribution is -0.118. The molecular formula is C7H9N3OS. The summed E-state index contributed by atoms with van der Waals surface area (Å²) < 4.78 is 0. The van der Waals surface area contributed by atoms with Crippen molar-refractivity contribution < 1.29 is 4.79 Å². The molecule has 0 saturated heterocycles. The van der Waals surface area contributed by atoms with Gasteiger partial charge in [-0.15, -0.1) is 0 Å². The van der Waals surface area contributed by atoms with E-state index in [4.69, 9.17) is 0 Å². The third-order valence-electron chi connectivity index (χ3n) is 1.21. The number of carbonyl (C=O) groups excluding carboxylic acids is 1. The van der Waals surface area contributed by atoms with Crippen LogP contribution in [0.25, 0.3) is 0 Å². The van der Waals surface area contributed by atoms with Gasteiger partial charge in [0.1, 0.15) is 5.82 Å². The fourth-order valence-corrected chi connectivity index (χ4v) is 0.767. The predicted octanol–water partition coefficient (Wildman–Crippen LogP) is 0.0226. The number of thiol groups is 1. The zero-order chi connectivity index (χ0) is 8.81. The Balaban J connectivity index is 2.38. The highest BCUT2D eigenvalue weighted by Crippen LogP contribution is 1.86. The van der Waals surface area contributed by atoms with Gasteiger partial charge in [0.15, 0.2) is 0 Å². The van der Waals surface area contributed by atoms with E-state index < -0.39 is 0 Å². The minimum absolute atomic E-state index is 0.120. The van der Waals surface area contributed by atoms with Crippen LogP contribution in [0.15, 0.2) is 18.5 Å². The molecule has 1 aromatic heterocycles. The summed E-state index contributed by atoms with van der Waals surface area (Å²) in [6.07, 6.45) is 3.27. The molecule has 1 heterocycles. The fraction of sp³-hybridized carbons (Fsp3) is 0.286. The molecule has 0 aromatic carbocycles. The zero-order valence-electron chi connectivity index (χ0n) is 6.40. The third-order valence-corrected chi connectivity index (χ3v) is 1.49. The van der Waals surface area contributed by atoms with E-state index in [9.17, 15) is 4.79 Å². The molecule has 0 radical (unpaired) electrons. The molecule has 0 unspecified atom stereocenters. The molecule has 0 fully saturated rings.